The molecule has 0 amide bonds. The van der Waals surface area contributed by atoms with Gasteiger partial charge in [0.2, 0.25) is 0 Å². The normalized spacial score (nSPS) is 45.1. The highest BCUT2D eigenvalue weighted by atomic mass is 16.8. The highest BCUT2D eigenvalue weighted by Gasteiger charge is 2.54. The Morgan fingerprint density at radius 2 is 1.72 bits per heavy atom. The quantitative estimate of drug-likeness (QED) is 0.654. The summed E-state index contributed by atoms with van der Waals surface area (Å²) in [5, 5.41) is 10.1. The molecule has 3 aliphatic rings. The van der Waals surface area contributed by atoms with Crippen LogP contribution in [0.2, 0.25) is 0 Å². The van der Waals surface area contributed by atoms with E-state index in [1.54, 1.807) is 6.08 Å². The van der Waals surface area contributed by atoms with Gasteiger partial charge in [0.25, 0.3) is 0 Å². The van der Waals surface area contributed by atoms with Crippen LogP contribution in [-0.4, -0.2) is 47.7 Å². The van der Waals surface area contributed by atoms with Crippen molar-refractivity contribution in [2.45, 2.75) is 63.7 Å². The lowest BCUT2D eigenvalue weighted by atomic mass is 9.89. The van der Waals surface area contributed by atoms with E-state index in [2.05, 4.69) is 0 Å². The lowest BCUT2D eigenvalue weighted by molar-refractivity contribution is -0.274. The second kappa shape index (κ2) is 3.77. The number of fused-ring (bicyclic) bond motifs is 3. The van der Waals surface area contributed by atoms with E-state index in [1.807, 2.05) is 27.7 Å². The third-order valence-corrected chi connectivity index (χ3v) is 3.55. The molecule has 102 valence electrons. The third kappa shape index (κ3) is 2.00. The van der Waals surface area contributed by atoms with E-state index >= 15 is 0 Å². The van der Waals surface area contributed by atoms with Crippen molar-refractivity contribution in [1.82, 2.24) is 0 Å². The second-order valence-corrected chi connectivity index (χ2v) is 6.02. The molecule has 4 atom stereocenters. The van der Waals surface area contributed by atoms with E-state index in [-0.39, 0.29) is 18.3 Å². The molecule has 0 spiro atoms. The molecular formula is C13H20O5. The van der Waals surface area contributed by atoms with Crippen LogP contribution in [0.5, 0.6) is 0 Å². The largest absolute Gasteiger partial charge is 0.386 e. The van der Waals surface area contributed by atoms with Crippen LogP contribution in [0, 0.1) is 0 Å². The molecule has 0 aromatic rings. The fourth-order valence-electron chi connectivity index (χ4n) is 2.81. The summed E-state index contributed by atoms with van der Waals surface area (Å²) in [7, 11) is 0. The summed E-state index contributed by atoms with van der Waals surface area (Å²) >= 11 is 0. The van der Waals surface area contributed by atoms with E-state index in [0.717, 1.165) is 5.57 Å². The number of hydrogen-bond acceptors (Lipinski definition) is 5. The van der Waals surface area contributed by atoms with Gasteiger partial charge in [0.05, 0.1) is 6.61 Å². The zero-order valence-electron chi connectivity index (χ0n) is 11.2. The van der Waals surface area contributed by atoms with Crippen LogP contribution in [0.25, 0.3) is 0 Å². The maximum Gasteiger partial charge on any atom is 0.164 e. The summed E-state index contributed by atoms with van der Waals surface area (Å²) in [6, 6.07) is 0. The number of rotatable bonds is 0. The summed E-state index contributed by atoms with van der Waals surface area (Å²) in [6.07, 6.45) is 0.243. The van der Waals surface area contributed by atoms with E-state index in [1.165, 1.54) is 0 Å². The fraction of sp³-hybridized carbons (Fsp3) is 0.846. The van der Waals surface area contributed by atoms with Gasteiger partial charge in [0, 0.05) is 0 Å². The van der Waals surface area contributed by atoms with Gasteiger partial charge in [-0.2, -0.15) is 0 Å². The Labute approximate surface area is 107 Å². The molecule has 0 aromatic heterocycles. The Morgan fingerprint density at radius 3 is 2.44 bits per heavy atom. The second-order valence-electron chi connectivity index (χ2n) is 6.02. The minimum absolute atomic E-state index is 0.205. The zero-order valence-corrected chi connectivity index (χ0v) is 11.2. The van der Waals surface area contributed by atoms with Crippen molar-refractivity contribution in [1.29, 1.82) is 0 Å². The predicted molar refractivity (Wildman–Crippen MR) is 62.8 cm³/mol. The molecule has 1 N–H and O–H groups in total. The number of aliphatic hydroxyl groups is 1. The number of aliphatic hydroxyl groups excluding tert-OH is 1. The van der Waals surface area contributed by atoms with Crippen LogP contribution in [0.1, 0.15) is 27.7 Å². The molecule has 2 saturated heterocycles. The van der Waals surface area contributed by atoms with E-state index in [9.17, 15) is 5.11 Å². The first kappa shape index (κ1) is 12.6. The lowest BCUT2D eigenvalue weighted by Gasteiger charge is -2.43. The van der Waals surface area contributed by atoms with Crippen molar-refractivity contribution in [2.75, 3.05) is 6.61 Å². The zero-order chi connectivity index (χ0) is 13.1. The topological polar surface area (TPSA) is 57.2 Å². The van der Waals surface area contributed by atoms with Crippen molar-refractivity contribution in [3.63, 3.8) is 0 Å². The maximum absolute atomic E-state index is 10.1. The van der Waals surface area contributed by atoms with Crippen molar-refractivity contribution < 1.29 is 24.1 Å². The minimum Gasteiger partial charge on any atom is -0.386 e. The minimum atomic E-state index is -0.689. The SMILES string of the molecule is CC1(C)O[C@@H]2[C@@H](O1)[C@@H]1OC(C)(C)OCC1=C[C@H]2O. The number of hydrogen-bond donors (Lipinski definition) is 1. The van der Waals surface area contributed by atoms with Crippen LogP contribution >= 0.6 is 0 Å². The molecule has 0 unspecified atom stereocenters. The first-order valence-corrected chi connectivity index (χ1v) is 6.33. The molecule has 3 rings (SSSR count). The van der Waals surface area contributed by atoms with Crippen LogP contribution in [-0.2, 0) is 18.9 Å². The standard InChI is InChI=1S/C13H20O5/c1-12(2)15-6-7-5-8(14)10-11(9(7)16-12)18-13(3,4)17-10/h5,8-11,14H,6H2,1-4H3/t8-,9-,10+,11+/m1/s1. The summed E-state index contributed by atoms with van der Waals surface area (Å²) in [4.78, 5) is 0. The number of ether oxygens (including phenoxy) is 4. The van der Waals surface area contributed by atoms with Crippen molar-refractivity contribution in [3.05, 3.63) is 11.6 Å². The van der Waals surface area contributed by atoms with Crippen LogP contribution in [0.3, 0.4) is 0 Å². The molecule has 5 heteroatoms. The van der Waals surface area contributed by atoms with Gasteiger partial charge < -0.3 is 24.1 Å². The lowest BCUT2D eigenvalue weighted by Crippen LogP contribution is -2.54. The van der Waals surface area contributed by atoms with Crippen molar-refractivity contribution in [3.8, 4) is 0 Å². The van der Waals surface area contributed by atoms with E-state index < -0.39 is 17.7 Å². The Balaban J connectivity index is 1.91. The fourth-order valence-corrected chi connectivity index (χ4v) is 2.81. The van der Waals surface area contributed by atoms with Crippen LogP contribution < -0.4 is 0 Å². The Bertz CT molecular complexity index is 387. The molecule has 0 saturated carbocycles. The Hall–Kier alpha value is -0.460. The molecule has 2 aliphatic heterocycles. The van der Waals surface area contributed by atoms with E-state index in [0.29, 0.717) is 6.61 Å². The molecule has 0 bridgehead atoms. The van der Waals surface area contributed by atoms with Gasteiger partial charge in [-0.1, -0.05) is 0 Å². The Morgan fingerprint density at radius 1 is 1.06 bits per heavy atom. The average molecular weight is 256 g/mol. The van der Waals surface area contributed by atoms with E-state index in [4.69, 9.17) is 18.9 Å². The molecule has 2 fully saturated rings. The average Bonchev–Trinajstić information content (AvgIpc) is 2.56. The van der Waals surface area contributed by atoms with Gasteiger partial charge in [-0.05, 0) is 39.3 Å². The molecule has 0 radical (unpaired) electrons. The summed E-state index contributed by atoms with van der Waals surface area (Å²) < 4.78 is 23.1. The van der Waals surface area contributed by atoms with Crippen molar-refractivity contribution in [2.24, 2.45) is 0 Å². The predicted octanol–water partition coefficient (Wildman–Crippen LogP) is 0.959. The first-order chi connectivity index (χ1) is 8.27. The molecule has 1 aliphatic carbocycles. The van der Waals surface area contributed by atoms with Gasteiger partial charge in [-0.15, -0.1) is 0 Å². The summed E-state index contributed by atoms with van der Waals surface area (Å²) in [6.45, 7) is 7.92. The molecule has 18 heavy (non-hydrogen) atoms. The molecule has 2 heterocycles. The highest BCUT2D eigenvalue weighted by Crippen LogP contribution is 2.41. The van der Waals surface area contributed by atoms with Crippen molar-refractivity contribution >= 4 is 0 Å². The van der Waals surface area contributed by atoms with Gasteiger partial charge in [-0.3, -0.25) is 0 Å². The monoisotopic (exact) mass is 256 g/mol. The maximum atomic E-state index is 10.1. The third-order valence-electron chi connectivity index (χ3n) is 3.55. The molecular weight excluding hydrogens is 236 g/mol. The van der Waals surface area contributed by atoms with Gasteiger partial charge >= 0.3 is 0 Å². The Kier molecular flexibility index (Phi) is 2.63. The van der Waals surface area contributed by atoms with Gasteiger partial charge in [0.15, 0.2) is 11.6 Å². The molecule has 5 nitrogen and oxygen atoms in total. The van der Waals surface area contributed by atoms with Gasteiger partial charge in [0.1, 0.15) is 24.4 Å². The van der Waals surface area contributed by atoms with Crippen LogP contribution in [0.4, 0.5) is 0 Å². The highest BCUT2D eigenvalue weighted by molar-refractivity contribution is 5.24. The van der Waals surface area contributed by atoms with Crippen LogP contribution in [0.15, 0.2) is 11.6 Å². The smallest absolute Gasteiger partial charge is 0.164 e. The summed E-state index contributed by atoms with van der Waals surface area (Å²) in [5.41, 5.74) is 0.935. The molecule has 0 aromatic carbocycles. The van der Waals surface area contributed by atoms with Gasteiger partial charge in [-0.25, -0.2) is 0 Å². The summed E-state index contributed by atoms with van der Waals surface area (Å²) in [5.74, 6) is -1.32. The first-order valence-electron chi connectivity index (χ1n) is 6.33.